The normalized spacial score (nSPS) is 11.2. The van der Waals surface area contributed by atoms with Crippen LogP contribution >= 0.6 is 0 Å². The number of hydrogen-bond acceptors (Lipinski definition) is 10. The Morgan fingerprint density at radius 2 is 1.57 bits per heavy atom. The molecule has 4 aromatic rings. The molecule has 0 aliphatic rings. The summed E-state index contributed by atoms with van der Waals surface area (Å²) < 4.78 is 35.5. The standard InChI is InChI=1S/C22H19N7O7S/c1-13-19(28(30)31)10-18(11-20(13)29(32)33)37(34,35)26-16-4-6-17(7-5-16)36-22-12-21(24-14(2)25-22)27-9-8-23-15(27)3/h4-12,26H,1-3H3. The summed E-state index contributed by atoms with van der Waals surface area (Å²) in [6, 6.07) is 8.94. The third-order valence-electron chi connectivity index (χ3n) is 5.23. The smallest absolute Gasteiger partial charge is 0.280 e. The highest BCUT2D eigenvalue weighted by molar-refractivity contribution is 7.92. The van der Waals surface area contributed by atoms with Crippen LogP contribution in [0, 0.1) is 41.0 Å². The largest absolute Gasteiger partial charge is 0.439 e. The van der Waals surface area contributed by atoms with Gasteiger partial charge in [-0.05, 0) is 45.0 Å². The number of aryl methyl sites for hydroxylation is 2. The molecular formula is C22H19N7O7S. The first-order chi connectivity index (χ1) is 17.4. The lowest BCUT2D eigenvalue weighted by atomic mass is 10.1. The molecule has 0 saturated heterocycles. The molecule has 15 heteroatoms. The van der Waals surface area contributed by atoms with Crippen LogP contribution in [0.4, 0.5) is 17.1 Å². The Hall–Kier alpha value is -4.92. The van der Waals surface area contributed by atoms with Crippen molar-refractivity contribution in [3.63, 3.8) is 0 Å². The SMILES string of the molecule is Cc1nc(Oc2ccc(NS(=O)(=O)c3cc([N+](=O)[O-])c(C)c([N+](=O)[O-])c3)cc2)cc(-n2ccnc2C)n1. The molecule has 0 bridgehead atoms. The molecule has 37 heavy (non-hydrogen) atoms. The highest BCUT2D eigenvalue weighted by Gasteiger charge is 2.28. The number of nitro groups is 2. The van der Waals surface area contributed by atoms with Gasteiger partial charge >= 0.3 is 0 Å². The maximum atomic E-state index is 12.8. The number of aromatic nitrogens is 4. The summed E-state index contributed by atoms with van der Waals surface area (Å²) in [5, 5.41) is 22.6. The average molecular weight is 526 g/mol. The third-order valence-corrected chi connectivity index (χ3v) is 6.59. The lowest BCUT2D eigenvalue weighted by Crippen LogP contribution is -2.14. The Morgan fingerprint density at radius 1 is 0.946 bits per heavy atom. The number of hydrogen-bond donors (Lipinski definition) is 1. The fourth-order valence-corrected chi connectivity index (χ4v) is 4.54. The summed E-state index contributed by atoms with van der Waals surface area (Å²) in [6.07, 6.45) is 3.39. The Morgan fingerprint density at radius 3 is 2.11 bits per heavy atom. The van der Waals surface area contributed by atoms with Crippen LogP contribution in [0.2, 0.25) is 0 Å². The number of benzene rings is 2. The second-order valence-electron chi connectivity index (χ2n) is 7.79. The second kappa shape index (κ2) is 9.62. The number of rotatable bonds is 8. The molecule has 0 radical (unpaired) electrons. The van der Waals surface area contributed by atoms with Crippen molar-refractivity contribution in [3.05, 3.63) is 92.3 Å². The van der Waals surface area contributed by atoms with Gasteiger partial charge in [-0.3, -0.25) is 29.5 Å². The van der Waals surface area contributed by atoms with E-state index in [1.807, 2.05) is 6.92 Å². The molecule has 2 heterocycles. The van der Waals surface area contributed by atoms with Crippen LogP contribution in [0.25, 0.3) is 5.82 Å². The van der Waals surface area contributed by atoms with Crippen molar-refractivity contribution in [3.8, 4) is 17.4 Å². The zero-order chi connectivity index (χ0) is 26.9. The molecule has 0 atom stereocenters. The fraction of sp³-hybridized carbons (Fsp3) is 0.136. The fourth-order valence-electron chi connectivity index (χ4n) is 3.44. The van der Waals surface area contributed by atoms with E-state index in [-0.39, 0.29) is 17.1 Å². The average Bonchev–Trinajstić information content (AvgIpc) is 3.25. The van der Waals surface area contributed by atoms with Gasteiger partial charge in [-0.25, -0.2) is 18.4 Å². The van der Waals surface area contributed by atoms with Crippen molar-refractivity contribution in [2.75, 3.05) is 4.72 Å². The van der Waals surface area contributed by atoms with E-state index in [9.17, 15) is 28.6 Å². The lowest BCUT2D eigenvalue weighted by molar-refractivity contribution is -0.395. The first kappa shape index (κ1) is 25.2. The number of nitrogens with one attached hydrogen (secondary N) is 1. The Bertz CT molecular complexity index is 1600. The van der Waals surface area contributed by atoms with E-state index >= 15 is 0 Å². The number of nitrogens with zero attached hydrogens (tertiary/aromatic N) is 6. The summed E-state index contributed by atoms with van der Waals surface area (Å²) in [5.41, 5.74) is -1.50. The van der Waals surface area contributed by atoms with Crippen molar-refractivity contribution in [1.29, 1.82) is 0 Å². The van der Waals surface area contributed by atoms with Gasteiger partial charge in [0.2, 0.25) is 5.88 Å². The van der Waals surface area contributed by atoms with Crippen molar-refractivity contribution in [2.45, 2.75) is 25.7 Å². The van der Waals surface area contributed by atoms with Crippen molar-refractivity contribution >= 4 is 27.1 Å². The van der Waals surface area contributed by atoms with Gasteiger partial charge in [0.25, 0.3) is 21.4 Å². The predicted octanol–water partition coefficient (Wildman–Crippen LogP) is 4.00. The maximum absolute atomic E-state index is 12.8. The van der Waals surface area contributed by atoms with E-state index < -0.39 is 36.1 Å². The Balaban J connectivity index is 1.57. The molecule has 2 aromatic heterocycles. The number of ether oxygens (including phenoxy) is 1. The van der Waals surface area contributed by atoms with Crippen LogP contribution in [-0.4, -0.2) is 37.8 Å². The summed E-state index contributed by atoms with van der Waals surface area (Å²) in [4.78, 5) is 33.0. The zero-order valence-electron chi connectivity index (χ0n) is 19.6. The van der Waals surface area contributed by atoms with Crippen LogP contribution in [0.15, 0.2) is 59.8 Å². The second-order valence-corrected chi connectivity index (χ2v) is 9.47. The Kier molecular flexibility index (Phi) is 6.54. The van der Waals surface area contributed by atoms with Gasteiger partial charge in [-0.15, -0.1) is 0 Å². The van der Waals surface area contributed by atoms with Crippen molar-refractivity contribution < 1.29 is 23.0 Å². The van der Waals surface area contributed by atoms with Gasteiger partial charge in [0, 0.05) is 36.3 Å². The van der Waals surface area contributed by atoms with E-state index in [1.165, 1.54) is 31.2 Å². The molecule has 0 aliphatic carbocycles. The van der Waals surface area contributed by atoms with Gasteiger partial charge in [-0.2, -0.15) is 4.98 Å². The van der Waals surface area contributed by atoms with Crippen LogP contribution < -0.4 is 9.46 Å². The molecule has 0 unspecified atom stereocenters. The van der Waals surface area contributed by atoms with Crippen LogP contribution in [-0.2, 0) is 10.0 Å². The first-order valence-electron chi connectivity index (χ1n) is 10.5. The summed E-state index contributed by atoms with van der Waals surface area (Å²) in [5.74, 6) is 2.35. The number of anilines is 1. The minimum atomic E-state index is -4.38. The number of sulfonamides is 1. The molecule has 0 aliphatic heterocycles. The molecule has 4 rings (SSSR count). The summed E-state index contributed by atoms with van der Waals surface area (Å²) in [7, 11) is -4.38. The Labute approximate surface area is 210 Å². The lowest BCUT2D eigenvalue weighted by Gasteiger charge is -2.11. The van der Waals surface area contributed by atoms with Gasteiger partial charge in [0.15, 0.2) is 0 Å². The highest BCUT2D eigenvalue weighted by Crippen LogP contribution is 2.32. The van der Waals surface area contributed by atoms with E-state index in [1.54, 1.807) is 30.0 Å². The van der Waals surface area contributed by atoms with Gasteiger partial charge < -0.3 is 4.74 Å². The molecule has 190 valence electrons. The minimum Gasteiger partial charge on any atom is -0.439 e. The van der Waals surface area contributed by atoms with E-state index in [4.69, 9.17) is 4.74 Å². The van der Waals surface area contributed by atoms with Gasteiger partial charge in [-0.1, -0.05) is 0 Å². The predicted molar refractivity (Wildman–Crippen MR) is 130 cm³/mol. The number of nitro benzene ring substituents is 2. The summed E-state index contributed by atoms with van der Waals surface area (Å²) in [6.45, 7) is 4.71. The van der Waals surface area contributed by atoms with Crippen LogP contribution in [0.5, 0.6) is 11.6 Å². The number of imidazole rings is 1. The van der Waals surface area contributed by atoms with E-state index in [0.717, 1.165) is 18.0 Å². The van der Waals surface area contributed by atoms with Crippen LogP contribution in [0.3, 0.4) is 0 Å². The molecular weight excluding hydrogens is 506 g/mol. The monoisotopic (exact) mass is 525 g/mol. The molecule has 1 N–H and O–H groups in total. The molecule has 2 aromatic carbocycles. The molecule has 0 fully saturated rings. The van der Waals surface area contributed by atoms with Crippen molar-refractivity contribution in [2.24, 2.45) is 0 Å². The molecule has 0 amide bonds. The van der Waals surface area contributed by atoms with E-state index in [0.29, 0.717) is 17.4 Å². The minimum absolute atomic E-state index is 0.104. The molecule has 0 saturated carbocycles. The molecule has 0 spiro atoms. The van der Waals surface area contributed by atoms with Gasteiger partial charge in [0.1, 0.15) is 33.7 Å². The summed E-state index contributed by atoms with van der Waals surface area (Å²) >= 11 is 0. The van der Waals surface area contributed by atoms with Crippen molar-refractivity contribution in [1.82, 2.24) is 19.5 Å². The topological polar surface area (TPSA) is 185 Å². The third kappa shape index (κ3) is 5.35. The maximum Gasteiger partial charge on any atom is 0.280 e. The molecule has 14 nitrogen and oxygen atoms in total. The van der Waals surface area contributed by atoms with E-state index in [2.05, 4.69) is 19.7 Å². The van der Waals surface area contributed by atoms with Crippen LogP contribution in [0.1, 0.15) is 17.2 Å². The highest BCUT2D eigenvalue weighted by atomic mass is 32.2. The quantitative estimate of drug-likeness (QED) is 0.260. The van der Waals surface area contributed by atoms with Gasteiger partial charge in [0.05, 0.1) is 9.85 Å². The zero-order valence-corrected chi connectivity index (χ0v) is 20.5. The first-order valence-corrected chi connectivity index (χ1v) is 12.0.